The molecule has 5 aliphatic rings. The van der Waals surface area contributed by atoms with Gasteiger partial charge in [0.05, 0.1) is 34.0 Å². The van der Waals surface area contributed by atoms with E-state index in [0.717, 1.165) is 34.8 Å². The molecule has 5 aromatic carbocycles. The minimum atomic E-state index is -0.129. The fraction of sp³-hybridized carbons (Fsp3) is 0.163. The molecule has 49 heavy (non-hydrogen) atoms. The second-order valence-electron chi connectivity index (χ2n) is 14.3. The first-order valence-electron chi connectivity index (χ1n) is 17.3. The molecule has 1 aliphatic carbocycles. The summed E-state index contributed by atoms with van der Waals surface area (Å²) in [5.41, 5.74) is 12.3. The predicted octanol–water partition coefficient (Wildman–Crippen LogP) is 8.23. The van der Waals surface area contributed by atoms with Crippen LogP contribution in [0.5, 0.6) is 0 Å². The Morgan fingerprint density at radius 1 is 0.653 bits per heavy atom. The van der Waals surface area contributed by atoms with E-state index < -0.39 is 0 Å². The van der Waals surface area contributed by atoms with Crippen LogP contribution < -0.4 is 19.6 Å². The second kappa shape index (κ2) is 9.46. The zero-order chi connectivity index (χ0) is 32.5. The lowest BCUT2D eigenvalue weighted by Crippen LogP contribution is -3.08. The van der Waals surface area contributed by atoms with Crippen LogP contribution in [0, 0.1) is 5.41 Å². The first kappa shape index (κ1) is 27.3. The summed E-state index contributed by atoms with van der Waals surface area (Å²) in [6.45, 7) is 5.04. The van der Waals surface area contributed by atoms with E-state index in [4.69, 9.17) is 9.97 Å². The quantitative estimate of drug-likeness (QED) is 0.208. The molecule has 1 N–H and O–H groups in total. The number of rotatable bonds is 2. The van der Waals surface area contributed by atoms with E-state index in [2.05, 4.69) is 162 Å². The number of fused-ring (bicyclic) bond motifs is 12. The van der Waals surface area contributed by atoms with Gasteiger partial charge in [0.1, 0.15) is 18.1 Å². The maximum atomic E-state index is 5.30. The molecule has 5 atom stereocenters. The summed E-state index contributed by atoms with van der Waals surface area (Å²) in [6.07, 6.45) is 5.72. The fourth-order valence-corrected chi connectivity index (χ4v) is 9.96. The van der Waals surface area contributed by atoms with Crippen LogP contribution in [0.2, 0.25) is 0 Å². The topological polar surface area (TPSA) is 39.9 Å². The molecule has 5 unspecified atom stereocenters. The SMILES string of the molecule is CC12C(=C3CC4N(c5ccccc5)c5nc6ccccc6nc5N4c4ccccc43)C1(C)C1N(C=C[NH+]1c1ccccc1)c1ccccc12. The molecule has 11 rings (SSSR count). The van der Waals surface area contributed by atoms with E-state index in [1.54, 1.807) is 5.57 Å². The van der Waals surface area contributed by atoms with Gasteiger partial charge in [0, 0.05) is 23.1 Å². The minimum absolute atomic E-state index is 0.00733. The molecule has 5 heterocycles. The van der Waals surface area contributed by atoms with Gasteiger partial charge < -0.3 is 9.80 Å². The third-order valence-electron chi connectivity index (χ3n) is 12.2. The summed E-state index contributed by atoms with van der Waals surface area (Å²) < 4.78 is 0. The van der Waals surface area contributed by atoms with Crippen LogP contribution in [-0.2, 0) is 5.41 Å². The Morgan fingerprint density at radius 3 is 2.02 bits per heavy atom. The van der Waals surface area contributed by atoms with Gasteiger partial charge in [-0.1, -0.05) is 91.9 Å². The number of quaternary nitrogens is 1. The van der Waals surface area contributed by atoms with Crippen molar-refractivity contribution in [2.75, 3.05) is 14.7 Å². The Balaban J connectivity index is 1.16. The molecule has 0 spiro atoms. The van der Waals surface area contributed by atoms with Gasteiger partial charge >= 0.3 is 0 Å². The highest BCUT2D eigenvalue weighted by Crippen LogP contribution is 2.77. The molecule has 0 bridgehead atoms. The number of para-hydroxylation sites is 6. The molecule has 0 radical (unpaired) electrons. The van der Waals surface area contributed by atoms with Gasteiger partial charge in [-0.05, 0) is 72.2 Å². The second-order valence-corrected chi connectivity index (χ2v) is 14.3. The van der Waals surface area contributed by atoms with Crippen molar-refractivity contribution in [2.45, 2.75) is 38.0 Å². The number of hydrogen-bond acceptors (Lipinski definition) is 5. The zero-order valence-corrected chi connectivity index (χ0v) is 27.5. The van der Waals surface area contributed by atoms with E-state index >= 15 is 0 Å². The van der Waals surface area contributed by atoms with Gasteiger partial charge in [-0.3, -0.25) is 9.80 Å². The van der Waals surface area contributed by atoms with Crippen LogP contribution >= 0.6 is 0 Å². The minimum Gasteiger partial charge on any atom is -0.301 e. The molecule has 1 saturated carbocycles. The van der Waals surface area contributed by atoms with Gasteiger partial charge in [0.2, 0.25) is 0 Å². The van der Waals surface area contributed by atoms with Crippen LogP contribution in [0.4, 0.5) is 34.4 Å². The summed E-state index contributed by atoms with van der Waals surface area (Å²) in [5.74, 6) is 1.84. The molecular formula is C43H35N6+. The normalized spacial score (nSPS) is 28.4. The number of benzene rings is 5. The lowest BCUT2D eigenvalue weighted by molar-refractivity contribution is -0.805. The summed E-state index contributed by atoms with van der Waals surface area (Å²) in [6, 6.07) is 48.1. The maximum Gasteiger partial charge on any atom is 0.186 e. The number of aromatic nitrogens is 2. The average Bonchev–Trinajstić information content (AvgIpc) is 3.44. The fourth-order valence-electron chi connectivity index (χ4n) is 9.96. The summed E-state index contributed by atoms with van der Waals surface area (Å²) >= 11 is 0. The standard InChI is InChI=1S/C43H34N6/c1-42-32-20-10-14-24-36(32)47-26-25-46(28-15-5-3-6-16-28)41(47)43(42,2)38(42)31-27-37-48(29-17-7-4-8-18-29)39-40(45-34-22-12-11-21-33(34)44-39)49(37)35-23-13-9-19-30(31)35/h3-26,37,41H,27H2,1-2H3/p+1. The van der Waals surface area contributed by atoms with Crippen LogP contribution in [0.3, 0.4) is 0 Å². The van der Waals surface area contributed by atoms with Gasteiger partial charge in [0.25, 0.3) is 0 Å². The molecule has 6 heteroatoms. The van der Waals surface area contributed by atoms with Crippen molar-refractivity contribution in [3.05, 3.63) is 163 Å². The number of anilines is 5. The van der Waals surface area contributed by atoms with Gasteiger partial charge in [-0.15, -0.1) is 0 Å². The largest absolute Gasteiger partial charge is 0.301 e. The van der Waals surface area contributed by atoms with Crippen molar-refractivity contribution < 1.29 is 4.90 Å². The molecule has 236 valence electrons. The number of hydrogen-bond donors (Lipinski definition) is 1. The van der Waals surface area contributed by atoms with Crippen molar-refractivity contribution in [3.63, 3.8) is 0 Å². The highest BCUT2D eigenvalue weighted by atomic mass is 15.5. The molecule has 0 amide bonds. The molecule has 0 saturated heterocycles. The Hall–Kier alpha value is -5.72. The molecule has 6 nitrogen and oxygen atoms in total. The van der Waals surface area contributed by atoms with Gasteiger partial charge in [-0.2, -0.15) is 0 Å². The Labute approximate surface area is 285 Å². The monoisotopic (exact) mass is 635 g/mol. The molecule has 1 fully saturated rings. The lowest BCUT2D eigenvalue weighted by atomic mass is 9.81. The number of nitrogens with one attached hydrogen (secondary N) is 1. The summed E-state index contributed by atoms with van der Waals surface area (Å²) in [5, 5.41) is 0. The lowest BCUT2D eigenvalue weighted by Gasteiger charge is -2.40. The molecule has 4 aliphatic heterocycles. The Bertz CT molecular complexity index is 2400. The maximum absolute atomic E-state index is 5.30. The van der Waals surface area contributed by atoms with Gasteiger partial charge in [-0.25, -0.2) is 9.97 Å². The molecule has 1 aromatic heterocycles. The van der Waals surface area contributed by atoms with Crippen molar-refractivity contribution >= 4 is 51.0 Å². The summed E-state index contributed by atoms with van der Waals surface area (Å²) in [4.78, 5) is 19.4. The highest BCUT2D eigenvalue weighted by Gasteiger charge is 2.79. The van der Waals surface area contributed by atoms with Crippen molar-refractivity contribution in [3.8, 4) is 0 Å². The first-order chi connectivity index (χ1) is 24.1. The Morgan fingerprint density at radius 2 is 1.27 bits per heavy atom. The van der Waals surface area contributed by atoms with Crippen LogP contribution in [-0.4, -0.2) is 22.3 Å². The van der Waals surface area contributed by atoms with E-state index in [1.807, 2.05) is 12.1 Å². The third-order valence-corrected chi connectivity index (χ3v) is 12.2. The van der Waals surface area contributed by atoms with Crippen molar-refractivity contribution in [2.24, 2.45) is 5.41 Å². The van der Waals surface area contributed by atoms with Crippen LogP contribution in [0.1, 0.15) is 31.4 Å². The number of nitrogens with zero attached hydrogens (tertiary/aromatic N) is 5. The average molecular weight is 636 g/mol. The molecular weight excluding hydrogens is 601 g/mol. The van der Waals surface area contributed by atoms with E-state index in [1.165, 1.54) is 38.7 Å². The van der Waals surface area contributed by atoms with Crippen LogP contribution in [0.15, 0.2) is 151 Å². The van der Waals surface area contributed by atoms with Crippen molar-refractivity contribution in [1.29, 1.82) is 0 Å². The smallest absolute Gasteiger partial charge is 0.186 e. The van der Waals surface area contributed by atoms with E-state index in [-0.39, 0.29) is 23.2 Å². The van der Waals surface area contributed by atoms with Crippen molar-refractivity contribution in [1.82, 2.24) is 9.97 Å². The predicted molar refractivity (Wildman–Crippen MR) is 196 cm³/mol. The third kappa shape index (κ3) is 3.34. The van der Waals surface area contributed by atoms with E-state index in [9.17, 15) is 0 Å². The Kier molecular flexibility index (Phi) is 5.26. The summed E-state index contributed by atoms with van der Waals surface area (Å²) in [7, 11) is 0. The van der Waals surface area contributed by atoms with Crippen LogP contribution in [0.25, 0.3) is 16.6 Å². The van der Waals surface area contributed by atoms with E-state index in [0.29, 0.717) is 0 Å². The first-order valence-corrected chi connectivity index (χ1v) is 17.3. The van der Waals surface area contributed by atoms with Gasteiger partial charge in [0.15, 0.2) is 17.8 Å². The zero-order valence-electron chi connectivity index (χ0n) is 27.5. The molecule has 6 aromatic rings. The highest BCUT2D eigenvalue weighted by molar-refractivity contribution is 5.98.